The van der Waals surface area contributed by atoms with Crippen molar-refractivity contribution in [3.05, 3.63) is 28.2 Å². The lowest BCUT2D eigenvalue weighted by Gasteiger charge is -2.57. The van der Waals surface area contributed by atoms with Gasteiger partial charge in [-0.05, 0) is 51.3 Å². The number of hydrogen-bond donors (Lipinski definition) is 1. The number of aliphatic imine (C=N–C) groups is 1. The molecule has 2 fully saturated rings. The molecule has 1 aromatic carbocycles. The van der Waals surface area contributed by atoms with Crippen LogP contribution in [0.2, 0.25) is 0 Å². The van der Waals surface area contributed by atoms with Gasteiger partial charge in [0.25, 0.3) is 6.02 Å². The first kappa shape index (κ1) is 20.1. The first-order valence-corrected chi connectivity index (χ1v) is 11.3. The topological polar surface area (TPSA) is 78.4 Å². The maximum atomic E-state index is 12.3. The number of fused-ring (bicyclic) bond motifs is 3. The molecule has 2 spiro atoms. The third kappa shape index (κ3) is 3.28. The summed E-state index contributed by atoms with van der Waals surface area (Å²) < 4.78 is 24.5. The van der Waals surface area contributed by atoms with Gasteiger partial charge in [0.15, 0.2) is 0 Å². The van der Waals surface area contributed by atoms with Crippen molar-refractivity contribution in [2.75, 3.05) is 19.8 Å². The number of carbonyl (C=O) groups is 1. The van der Waals surface area contributed by atoms with E-state index in [9.17, 15) is 4.79 Å². The van der Waals surface area contributed by atoms with Crippen molar-refractivity contribution >= 4 is 28.0 Å². The summed E-state index contributed by atoms with van der Waals surface area (Å²) in [5, 5.41) is 2.68. The van der Waals surface area contributed by atoms with Gasteiger partial charge in [-0.25, -0.2) is 15.1 Å². The van der Waals surface area contributed by atoms with Crippen LogP contribution in [0.15, 0.2) is 27.7 Å². The molecule has 2 atom stereocenters. The van der Waals surface area contributed by atoms with E-state index in [1.807, 2.05) is 39.0 Å². The molecule has 1 N–H and O–H groups in total. The Hall–Kier alpha value is -1.80. The van der Waals surface area contributed by atoms with E-state index in [2.05, 4.69) is 21.2 Å². The van der Waals surface area contributed by atoms with E-state index < -0.39 is 17.2 Å². The lowest BCUT2D eigenvalue weighted by molar-refractivity contribution is -0.218. The van der Waals surface area contributed by atoms with E-state index in [4.69, 9.17) is 23.9 Å². The Kier molecular flexibility index (Phi) is 4.60. The van der Waals surface area contributed by atoms with Crippen molar-refractivity contribution in [3.8, 4) is 5.75 Å². The second kappa shape index (κ2) is 6.85. The highest BCUT2D eigenvalue weighted by atomic mass is 79.9. The van der Waals surface area contributed by atoms with E-state index in [1.54, 1.807) is 0 Å². The van der Waals surface area contributed by atoms with Gasteiger partial charge in [0, 0.05) is 10.0 Å². The summed E-state index contributed by atoms with van der Waals surface area (Å²) in [4.78, 5) is 17.3. The molecule has 1 amide bonds. The van der Waals surface area contributed by atoms with E-state index in [0.717, 1.165) is 22.2 Å². The number of nitrogens with zero attached hydrogens (tertiary/aromatic N) is 1. The largest absolute Gasteiger partial charge is 0.489 e. The Bertz CT molecular complexity index is 903. The van der Waals surface area contributed by atoms with Crippen LogP contribution in [0, 0.1) is 11.3 Å². The van der Waals surface area contributed by atoms with E-state index in [1.165, 1.54) is 12.8 Å². The number of rotatable bonds is 2. The third-order valence-electron chi connectivity index (χ3n) is 6.38. The highest BCUT2D eigenvalue weighted by Gasteiger charge is 2.68. The molecule has 2 unspecified atom stereocenters. The minimum Gasteiger partial charge on any atom is -0.489 e. The van der Waals surface area contributed by atoms with E-state index in [-0.39, 0.29) is 17.5 Å². The Balaban J connectivity index is 1.53. The first-order chi connectivity index (χ1) is 14.2. The number of benzene rings is 1. The number of hydrogen-bond acceptors (Lipinski definition) is 6. The number of amidine groups is 1. The maximum absolute atomic E-state index is 12.3. The summed E-state index contributed by atoms with van der Waals surface area (Å²) >= 11 is 3.59. The fourth-order valence-corrected chi connectivity index (χ4v) is 5.03. The number of ether oxygens (including phenoxy) is 4. The minimum absolute atomic E-state index is 0.000604. The molecule has 162 valence electrons. The number of nitrogens with one attached hydrogen (secondary N) is 1. The summed E-state index contributed by atoms with van der Waals surface area (Å²) in [6.07, 6.45) is 2.92. The summed E-state index contributed by atoms with van der Waals surface area (Å²) in [6, 6.07) is 6.21. The number of carbonyl (C=O) groups excluding carboxylic acids is 1. The van der Waals surface area contributed by atoms with Crippen molar-refractivity contribution in [1.29, 1.82) is 0 Å². The van der Waals surface area contributed by atoms with Crippen molar-refractivity contribution in [3.63, 3.8) is 0 Å². The fourth-order valence-electron chi connectivity index (χ4n) is 4.66. The first-order valence-electron chi connectivity index (χ1n) is 10.5. The van der Waals surface area contributed by atoms with Gasteiger partial charge in [-0.2, -0.15) is 0 Å². The molecule has 5 rings (SSSR count). The summed E-state index contributed by atoms with van der Waals surface area (Å²) in [7, 11) is 0. The molecule has 1 aromatic rings. The second-order valence-corrected chi connectivity index (χ2v) is 10.7. The van der Waals surface area contributed by atoms with Crippen molar-refractivity contribution in [2.45, 2.75) is 57.3 Å². The third-order valence-corrected chi connectivity index (χ3v) is 6.87. The minimum atomic E-state index is -0.674. The quantitative estimate of drug-likeness (QED) is 0.690. The molecule has 1 saturated carbocycles. The molecular weight excluding hydrogens is 452 g/mol. The number of alkyl carbamates (subject to hydrolysis) is 1. The van der Waals surface area contributed by atoms with Crippen LogP contribution in [0.3, 0.4) is 0 Å². The van der Waals surface area contributed by atoms with Gasteiger partial charge >= 0.3 is 6.09 Å². The van der Waals surface area contributed by atoms with Crippen LogP contribution < -0.4 is 10.1 Å². The molecule has 7 nitrogen and oxygen atoms in total. The SMILES string of the molecule is CC(C)(C)OC(=O)NC1=NC2(CO1)c1cc(Br)ccc1OC(CC1CC1)C21COC1. The summed E-state index contributed by atoms with van der Waals surface area (Å²) in [6.45, 7) is 6.91. The van der Waals surface area contributed by atoms with Gasteiger partial charge in [0.2, 0.25) is 0 Å². The van der Waals surface area contributed by atoms with Gasteiger partial charge in [-0.15, -0.1) is 0 Å². The Morgan fingerprint density at radius 1 is 1.30 bits per heavy atom. The molecule has 0 aromatic heterocycles. The fraction of sp³-hybridized carbons (Fsp3) is 0.636. The highest BCUT2D eigenvalue weighted by molar-refractivity contribution is 9.10. The number of halogens is 1. The predicted molar refractivity (Wildman–Crippen MR) is 114 cm³/mol. The second-order valence-electron chi connectivity index (χ2n) is 9.77. The van der Waals surface area contributed by atoms with Crippen LogP contribution in [0.4, 0.5) is 4.79 Å². The van der Waals surface area contributed by atoms with Crippen molar-refractivity contribution < 1.29 is 23.7 Å². The smallest absolute Gasteiger partial charge is 0.415 e. The van der Waals surface area contributed by atoms with Crippen LogP contribution >= 0.6 is 15.9 Å². The molecule has 8 heteroatoms. The molecule has 0 radical (unpaired) electrons. The average molecular weight is 479 g/mol. The van der Waals surface area contributed by atoms with Gasteiger partial charge < -0.3 is 18.9 Å². The van der Waals surface area contributed by atoms with Gasteiger partial charge in [0.05, 0.1) is 18.6 Å². The molecule has 3 aliphatic heterocycles. The monoisotopic (exact) mass is 478 g/mol. The van der Waals surface area contributed by atoms with Crippen LogP contribution in [-0.2, 0) is 19.7 Å². The van der Waals surface area contributed by atoms with Crippen LogP contribution in [0.5, 0.6) is 5.75 Å². The van der Waals surface area contributed by atoms with Crippen LogP contribution in [-0.4, -0.2) is 43.6 Å². The zero-order valence-electron chi connectivity index (χ0n) is 17.5. The van der Waals surface area contributed by atoms with Crippen molar-refractivity contribution in [1.82, 2.24) is 5.32 Å². The molecule has 3 heterocycles. The standard InChI is InChI=1S/C22H27BrN2O5/c1-20(2,3)30-19(26)24-18-25-22(12-28-18)15-9-14(23)6-7-16(15)29-17(8-13-4-5-13)21(22)10-27-11-21/h6-7,9,13,17H,4-5,8,10-12H2,1-3H3,(H,24,25,26). The van der Waals surface area contributed by atoms with E-state index >= 15 is 0 Å². The van der Waals surface area contributed by atoms with Crippen LogP contribution in [0.25, 0.3) is 0 Å². The van der Waals surface area contributed by atoms with E-state index in [0.29, 0.717) is 25.7 Å². The molecule has 0 bridgehead atoms. The van der Waals surface area contributed by atoms with Gasteiger partial charge in [0.1, 0.15) is 29.6 Å². The van der Waals surface area contributed by atoms with Crippen molar-refractivity contribution in [2.24, 2.45) is 16.3 Å². The molecule has 1 aliphatic carbocycles. The summed E-state index contributed by atoms with van der Waals surface area (Å²) in [5.41, 5.74) is -0.629. The average Bonchev–Trinajstić information content (AvgIpc) is 3.32. The molecule has 30 heavy (non-hydrogen) atoms. The highest BCUT2D eigenvalue weighted by Crippen LogP contribution is 2.60. The van der Waals surface area contributed by atoms with Gasteiger partial charge in [-0.1, -0.05) is 28.8 Å². The zero-order chi connectivity index (χ0) is 21.1. The Morgan fingerprint density at radius 2 is 2.07 bits per heavy atom. The van der Waals surface area contributed by atoms with Crippen LogP contribution in [0.1, 0.15) is 45.6 Å². The maximum Gasteiger partial charge on any atom is 0.415 e. The molecule has 4 aliphatic rings. The zero-order valence-corrected chi connectivity index (χ0v) is 19.1. The Morgan fingerprint density at radius 3 is 2.70 bits per heavy atom. The lowest BCUT2D eigenvalue weighted by Crippen LogP contribution is -2.67. The normalized spacial score (nSPS) is 28.8. The molecular formula is C22H27BrN2O5. The summed E-state index contributed by atoms with van der Waals surface area (Å²) in [5.74, 6) is 1.53. The lowest BCUT2D eigenvalue weighted by atomic mass is 9.59. The predicted octanol–water partition coefficient (Wildman–Crippen LogP) is 4.13. The number of amides is 1. The van der Waals surface area contributed by atoms with Gasteiger partial charge in [-0.3, -0.25) is 0 Å². The Labute approximate surface area is 184 Å². The molecule has 1 saturated heterocycles.